The minimum atomic E-state index is -0.468. The minimum Gasteiger partial charge on any atom is -0.267 e. The van der Waals surface area contributed by atoms with E-state index in [-0.39, 0.29) is 5.57 Å². The Labute approximate surface area is 149 Å². The fourth-order valence-electron chi connectivity index (χ4n) is 2.38. The predicted octanol–water partition coefficient (Wildman–Crippen LogP) is 4.07. The molecule has 0 aromatic heterocycles. The Bertz CT molecular complexity index is 891. The topological polar surface area (TPSA) is 49.4 Å². The maximum absolute atomic E-state index is 12.6. The molecule has 2 amide bonds. The van der Waals surface area contributed by atoms with Gasteiger partial charge in [-0.15, -0.1) is 0 Å². The second-order valence-corrected chi connectivity index (χ2v) is 6.42. The molecule has 0 saturated carbocycles. The van der Waals surface area contributed by atoms with E-state index in [2.05, 4.69) is 5.43 Å². The van der Waals surface area contributed by atoms with Crippen LogP contribution >= 0.6 is 23.2 Å². The zero-order chi connectivity index (χ0) is 17.4. The average Bonchev–Trinajstić information content (AvgIpc) is 2.80. The molecule has 2 aromatic carbocycles. The summed E-state index contributed by atoms with van der Waals surface area (Å²) in [6, 6.07) is 10.4. The molecular formula is C18H14Cl2N2O2. The van der Waals surface area contributed by atoms with Crippen LogP contribution in [-0.2, 0) is 9.59 Å². The summed E-state index contributed by atoms with van der Waals surface area (Å²) in [6.07, 6.45) is 1.47. The lowest BCUT2D eigenvalue weighted by molar-refractivity contribution is -0.117. The number of hydrogen-bond donors (Lipinski definition) is 1. The van der Waals surface area contributed by atoms with Crippen LogP contribution < -0.4 is 10.4 Å². The van der Waals surface area contributed by atoms with Gasteiger partial charge in [0.25, 0.3) is 11.8 Å². The van der Waals surface area contributed by atoms with Gasteiger partial charge in [-0.3, -0.25) is 15.0 Å². The largest absolute Gasteiger partial charge is 0.282 e. The average molecular weight is 361 g/mol. The van der Waals surface area contributed by atoms with Crippen molar-refractivity contribution in [1.82, 2.24) is 5.43 Å². The van der Waals surface area contributed by atoms with Gasteiger partial charge in [0, 0.05) is 10.0 Å². The number of rotatable bonds is 2. The summed E-state index contributed by atoms with van der Waals surface area (Å²) in [7, 11) is 0. The molecule has 1 heterocycles. The molecule has 0 unspecified atom stereocenters. The SMILES string of the molecule is Cc1ccc(N2NC(=O)C(=Cc3ccc(Cl)cc3Cl)C2=O)cc1C. The second-order valence-electron chi connectivity index (χ2n) is 5.57. The molecule has 1 aliphatic heterocycles. The maximum Gasteiger partial charge on any atom is 0.282 e. The molecule has 0 bridgehead atoms. The summed E-state index contributed by atoms with van der Waals surface area (Å²) in [5.41, 5.74) is 5.92. The number of hydrazine groups is 1. The van der Waals surface area contributed by atoms with E-state index in [0.29, 0.717) is 21.3 Å². The lowest BCUT2D eigenvalue weighted by atomic mass is 10.1. The first-order chi connectivity index (χ1) is 11.4. The van der Waals surface area contributed by atoms with E-state index in [1.165, 1.54) is 11.1 Å². The molecule has 1 saturated heterocycles. The van der Waals surface area contributed by atoms with Crippen LogP contribution in [0.25, 0.3) is 6.08 Å². The van der Waals surface area contributed by atoms with Gasteiger partial charge in [0.1, 0.15) is 5.57 Å². The number of hydrogen-bond acceptors (Lipinski definition) is 2. The van der Waals surface area contributed by atoms with Gasteiger partial charge in [-0.1, -0.05) is 35.3 Å². The van der Waals surface area contributed by atoms with Gasteiger partial charge in [-0.2, -0.15) is 0 Å². The van der Waals surface area contributed by atoms with E-state index in [1.54, 1.807) is 24.3 Å². The fraction of sp³-hybridized carbons (Fsp3) is 0.111. The van der Waals surface area contributed by atoms with Crippen molar-refractivity contribution in [3.05, 3.63) is 68.7 Å². The van der Waals surface area contributed by atoms with Crippen molar-refractivity contribution < 1.29 is 9.59 Å². The first-order valence-electron chi connectivity index (χ1n) is 7.26. The van der Waals surface area contributed by atoms with Gasteiger partial charge < -0.3 is 0 Å². The molecule has 0 atom stereocenters. The van der Waals surface area contributed by atoms with Crippen LogP contribution in [0, 0.1) is 13.8 Å². The van der Waals surface area contributed by atoms with E-state index in [9.17, 15) is 9.59 Å². The first-order valence-corrected chi connectivity index (χ1v) is 8.02. The van der Waals surface area contributed by atoms with Gasteiger partial charge in [0.05, 0.1) is 5.69 Å². The fourth-order valence-corrected chi connectivity index (χ4v) is 2.84. The van der Waals surface area contributed by atoms with Crippen molar-refractivity contribution in [3.63, 3.8) is 0 Å². The smallest absolute Gasteiger partial charge is 0.267 e. The van der Waals surface area contributed by atoms with Gasteiger partial charge in [0.15, 0.2) is 0 Å². The van der Waals surface area contributed by atoms with Crippen LogP contribution in [-0.4, -0.2) is 11.8 Å². The van der Waals surface area contributed by atoms with E-state index >= 15 is 0 Å². The summed E-state index contributed by atoms with van der Waals surface area (Å²) in [6.45, 7) is 3.93. The van der Waals surface area contributed by atoms with Crippen molar-refractivity contribution in [1.29, 1.82) is 0 Å². The standard InChI is InChI=1S/C18H14Cl2N2O2/c1-10-3-6-14(7-11(10)2)22-18(24)15(17(23)21-22)8-12-4-5-13(19)9-16(12)20/h3-9H,1-2H3,(H,21,23). The van der Waals surface area contributed by atoms with Crippen molar-refractivity contribution in [2.75, 3.05) is 5.01 Å². The van der Waals surface area contributed by atoms with Crippen molar-refractivity contribution >= 4 is 46.8 Å². The van der Waals surface area contributed by atoms with E-state index < -0.39 is 11.8 Å². The van der Waals surface area contributed by atoms with Gasteiger partial charge in [-0.25, -0.2) is 5.01 Å². The predicted molar refractivity (Wildman–Crippen MR) is 96.0 cm³/mol. The number of carbonyl (C=O) groups is 2. The highest BCUT2D eigenvalue weighted by molar-refractivity contribution is 6.36. The molecule has 3 rings (SSSR count). The van der Waals surface area contributed by atoms with Crippen molar-refractivity contribution in [3.8, 4) is 0 Å². The van der Waals surface area contributed by atoms with E-state index in [1.807, 2.05) is 26.0 Å². The third kappa shape index (κ3) is 3.03. The van der Waals surface area contributed by atoms with E-state index in [0.717, 1.165) is 11.1 Å². The number of amides is 2. The van der Waals surface area contributed by atoms with Crippen molar-refractivity contribution in [2.24, 2.45) is 0 Å². The normalized spacial score (nSPS) is 16.0. The summed E-state index contributed by atoms with van der Waals surface area (Å²) >= 11 is 12.0. The Morgan fingerprint density at radius 3 is 2.42 bits per heavy atom. The van der Waals surface area contributed by atoms with Crippen LogP contribution in [0.4, 0.5) is 5.69 Å². The van der Waals surface area contributed by atoms with Gasteiger partial charge in [-0.05, 0) is 60.9 Å². The number of nitrogens with one attached hydrogen (secondary N) is 1. The molecule has 6 heteroatoms. The quantitative estimate of drug-likeness (QED) is 0.648. The second kappa shape index (κ2) is 6.30. The molecule has 1 N–H and O–H groups in total. The number of nitrogens with zero attached hydrogens (tertiary/aromatic N) is 1. The van der Waals surface area contributed by atoms with Crippen molar-refractivity contribution in [2.45, 2.75) is 13.8 Å². The molecule has 122 valence electrons. The van der Waals surface area contributed by atoms with Gasteiger partial charge >= 0.3 is 0 Å². The number of carbonyl (C=O) groups excluding carboxylic acids is 2. The lowest BCUT2D eigenvalue weighted by Crippen LogP contribution is -2.35. The number of benzene rings is 2. The highest BCUT2D eigenvalue weighted by Crippen LogP contribution is 2.27. The zero-order valence-electron chi connectivity index (χ0n) is 13.1. The highest BCUT2D eigenvalue weighted by atomic mass is 35.5. The first kappa shape index (κ1) is 16.6. The molecule has 2 aromatic rings. The van der Waals surface area contributed by atoms with Crippen LogP contribution in [0.5, 0.6) is 0 Å². The minimum absolute atomic E-state index is 0.0254. The molecule has 0 spiro atoms. The monoisotopic (exact) mass is 360 g/mol. The molecule has 24 heavy (non-hydrogen) atoms. The molecule has 0 aliphatic carbocycles. The summed E-state index contributed by atoms with van der Waals surface area (Å²) in [5, 5.41) is 2.10. The lowest BCUT2D eigenvalue weighted by Gasteiger charge is -2.16. The van der Waals surface area contributed by atoms with Crippen LogP contribution in [0.15, 0.2) is 42.0 Å². The Morgan fingerprint density at radius 2 is 1.75 bits per heavy atom. The molecular weight excluding hydrogens is 347 g/mol. The maximum atomic E-state index is 12.6. The molecule has 4 nitrogen and oxygen atoms in total. The molecule has 1 aliphatic rings. The van der Waals surface area contributed by atoms with Crippen LogP contribution in [0.1, 0.15) is 16.7 Å². The Hall–Kier alpha value is -2.30. The highest BCUT2D eigenvalue weighted by Gasteiger charge is 2.34. The molecule has 1 fully saturated rings. The van der Waals surface area contributed by atoms with E-state index in [4.69, 9.17) is 23.2 Å². The Kier molecular flexibility index (Phi) is 4.35. The summed E-state index contributed by atoms with van der Waals surface area (Å²) in [5.74, 6) is -0.890. The third-order valence-corrected chi connectivity index (χ3v) is 4.46. The summed E-state index contributed by atoms with van der Waals surface area (Å²) in [4.78, 5) is 24.8. The van der Waals surface area contributed by atoms with Gasteiger partial charge in [0.2, 0.25) is 0 Å². The Balaban J connectivity index is 1.97. The number of halogens is 2. The Morgan fingerprint density at radius 1 is 1.00 bits per heavy atom. The number of anilines is 1. The zero-order valence-corrected chi connectivity index (χ0v) is 14.6. The third-order valence-electron chi connectivity index (χ3n) is 3.90. The number of aryl methyl sites for hydroxylation is 2. The van der Waals surface area contributed by atoms with Crippen LogP contribution in [0.2, 0.25) is 10.0 Å². The summed E-state index contributed by atoms with van der Waals surface area (Å²) < 4.78 is 0. The molecule has 0 radical (unpaired) electrons. The van der Waals surface area contributed by atoms with Crippen LogP contribution in [0.3, 0.4) is 0 Å².